The summed E-state index contributed by atoms with van der Waals surface area (Å²) in [6.45, 7) is 0. The highest BCUT2D eigenvalue weighted by Crippen LogP contribution is 2.30. The monoisotopic (exact) mass is 436 g/mol. The standard InChI is InChI=1S/C13H10ClIN2OS2/c1-19-13-8(6-11(15)20-13)7-16-17-12(18)9-4-2-3-5-10(9)14/h2-7H,1H3,(H,17,18)/b16-7+. The van der Waals surface area contributed by atoms with Gasteiger partial charge in [-0.15, -0.1) is 23.1 Å². The van der Waals surface area contributed by atoms with Gasteiger partial charge in [0.15, 0.2) is 0 Å². The second-order valence-corrected chi connectivity index (χ2v) is 8.10. The topological polar surface area (TPSA) is 41.5 Å². The highest BCUT2D eigenvalue weighted by molar-refractivity contribution is 14.1. The minimum atomic E-state index is -0.317. The normalized spacial score (nSPS) is 10.9. The number of amides is 1. The summed E-state index contributed by atoms with van der Waals surface area (Å²) in [5.74, 6) is -0.317. The molecule has 20 heavy (non-hydrogen) atoms. The van der Waals surface area contributed by atoms with Crippen LogP contribution in [0, 0.1) is 2.88 Å². The Morgan fingerprint density at radius 3 is 2.95 bits per heavy atom. The van der Waals surface area contributed by atoms with Crippen LogP contribution in [0.1, 0.15) is 15.9 Å². The molecule has 1 N–H and O–H groups in total. The third-order valence-electron chi connectivity index (χ3n) is 2.37. The number of carbonyl (C=O) groups is 1. The zero-order chi connectivity index (χ0) is 14.5. The molecule has 0 aliphatic rings. The molecule has 0 fully saturated rings. The van der Waals surface area contributed by atoms with Gasteiger partial charge in [-0.1, -0.05) is 23.7 Å². The molecule has 1 aromatic heterocycles. The highest BCUT2D eigenvalue weighted by atomic mass is 127. The summed E-state index contributed by atoms with van der Waals surface area (Å²) in [6.07, 6.45) is 3.67. The fourth-order valence-corrected chi connectivity index (χ4v) is 4.68. The Morgan fingerprint density at radius 1 is 1.50 bits per heavy atom. The number of thiophene rings is 1. The molecular formula is C13H10ClIN2OS2. The molecule has 0 radical (unpaired) electrons. The fourth-order valence-electron chi connectivity index (χ4n) is 1.47. The van der Waals surface area contributed by atoms with Gasteiger partial charge in [-0.3, -0.25) is 4.79 Å². The van der Waals surface area contributed by atoms with Crippen molar-refractivity contribution in [1.29, 1.82) is 0 Å². The minimum Gasteiger partial charge on any atom is -0.267 e. The second-order valence-electron chi connectivity index (χ2n) is 3.68. The van der Waals surface area contributed by atoms with Crippen LogP contribution in [0.3, 0.4) is 0 Å². The molecule has 0 atom stereocenters. The van der Waals surface area contributed by atoms with Gasteiger partial charge in [0.1, 0.15) is 0 Å². The lowest BCUT2D eigenvalue weighted by Gasteiger charge is -2.01. The summed E-state index contributed by atoms with van der Waals surface area (Å²) in [6, 6.07) is 8.90. The van der Waals surface area contributed by atoms with Gasteiger partial charge in [-0.25, -0.2) is 5.43 Å². The van der Waals surface area contributed by atoms with E-state index in [0.717, 1.165) is 5.56 Å². The van der Waals surface area contributed by atoms with E-state index in [-0.39, 0.29) is 5.91 Å². The SMILES string of the molecule is CSc1sc(I)cc1/C=N/NC(=O)c1ccccc1Cl. The molecule has 1 heterocycles. The Balaban J connectivity index is 2.06. The molecule has 3 nitrogen and oxygen atoms in total. The van der Waals surface area contributed by atoms with Gasteiger partial charge >= 0.3 is 0 Å². The molecule has 1 amide bonds. The third kappa shape index (κ3) is 3.97. The van der Waals surface area contributed by atoms with Gasteiger partial charge in [0, 0.05) is 5.56 Å². The van der Waals surface area contributed by atoms with E-state index in [1.54, 1.807) is 53.6 Å². The molecule has 1 aromatic carbocycles. The first-order valence-corrected chi connectivity index (χ1v) is 9.03. The second kappa shape index (κ2) is 7.44. The molecule has 104 valence electrons. The molecule has 0 aliphatic heterocycles. The van der Waals surface area contributed by atoms with Crippen molar-refractivity contribution in [1.82, 2.24) is 5.43 Å². The lowest BCUT2D eigenvalue weighted by Crippen LogP contribution is -2.17. The van der Waals surface area contributed by atoms with E-state index in [1.165, 1.54) is 7.09 Å². The highest BCUT2D eigenvalue weighted by Gasteiger charge is 2.08. The molecule has 0 saturated heterocycles. The number of thioether (sulfide) groups is 1. The molecule has 0 aliphatic carbocycles. The molecule has 2 rings (SSSR count). The maximum atomic E-state index is 11.9. The van der Waals surface area contributed by atoms with Crippen LogP contribution >= 0.6 is 57.3 Å². The number of nitrogens with one attached hydrogen (secondary N) is 1. The van der Waals surface area contributed by atoms with E-state index in [4.69, 9.17) is 11.6 Å². The molecular weight excluding hydrogens is 427 g/mol. The average molecular weight is 437 g/mol. The Morgan fingerprint density at radius 2 is 2.25 bits per heavy atom. The number of hydrogen-bond donors (Lipinski definition) is 1. The van der Waals surface area contributed by atoms with Gasteiger partial charge < -0.3 is 0 Å². The van der Waals surface area contributed by atoms with Crippen LogP contribution in [0.15, 0.2) is 39.6 Å². The predicted octanol–water partition coefficient (Wildman–Crippen LogP) is 4.49. The summed E-state index contributed by atoms with van der Waals surface area (Å²) < 4.78 is 2.36. The first-order chi connectivity index (χ1) is 9.61. The summed E-state index contributed by atoms with van der Waals surface area (Å²) >= 11 is 11.6. The van der Waals surface area contributed by atoms with E-state index in [2.05, 4.69) is 33.1 Å². The molecule has 0 bridgehead atoms. The van der Waals surface area contributed by atoms with Crippen LogP contribution < -0.4 is 5.43 Å². The molecule has 0 saturated carbocycles. The number of nitrogens with zero attached hydrogens (tertiary/aromatic N) is 1. The van der Waals surface area contributed by atoms with Gasteiger partial charge in [0.05, 0.1) is 23.9 Å². The van der Waals surface area contributed by atoms with Crippen molar-refractivity contribution in [2.24, 2.45) is 5.10 Å². The number of hydrogen-bond acceptors (Lipinski definition) is 4. The minimum absolute atomic E-state index is 0.317. The number of halogens is 2. The van der Waals surface area contributed by atoms with Crippen molar-refractivity contribution >= 4 is 69.4 Å². The number of hydrazone groups is 1. The maximum absolute atomic E-state index is 11.9. The first-order valence-electron chi connectivity index (χ1n) is 5.53. The maximum Gasteiger partial charge on any atom is 0.272 e. The van der Waals surface area contributed by atoms with Crippen molar-refractivity contribution in [2.75, 3.05) is 6.26 Å². The predicted molar refractivity (Wildman–Crippen MR) is 95.3 cm³/mol. The van der Waals surface area contributed by atoms with Crippen LogP contribution in [0.25, 0.3) is 0 Å². The van der Waals surface area contributed by atoms with Crippen LogP contribution in [0.4, 0.5) is 0 Å². The zero-order valence-electron chi connectivity index (χ0n) is 10.4. The van der Waals surface area contributed by atoms with E-state index in [9.17, 15) is 4.79 Å². The van der Waals surface area contributed by atoms with Gasteiger partial charge in [-0.2, -0.15) is 5.10 Å². The van der Waals surface area contributed by atoms with Crippen molar-refractivity contribution in [3.63, 3.8) is 0 Å². The lowest BCUT2D eigenvalue weighted by molar-refractivity contribution is 0.0955. The van der Waals surface area contributed by atoms with E-state index < -0.39 is 0 Å². The Bertz CT molecular complexity index is 658. The average Bonchev–Trinajstić information content (AvgIpc) is 2.79. The van der Waals surface area contributed by atoms with Crippen molar-refractivity contribution in [2.45, 2.75) is 4.21 Å². The Kier molecular flexibility index (Phi) is 5.88. The molecule has 0 unspecified atom stereocenters. The van der Waals surface area contributed by atoms with Crippen LogP contribution in [-0.2, 0) is 0 Å². The van der Waals surface area contributed by atoms with Crippen molar-refractivity contribution in [3.8, 4) is 0 Å². The first kappa shape index (κ1) is 15.8. The number of carbonyl (C=O) groups excluding carboxylic acids is 1. The molecule has 0 spiro atoms. The Hall–Kier alpha value is -0.570. The van der Waals surface area contributed by atoms with Gasteiger partial charge in [-0.05, 0) is 47.0 Å². The summed E-state index contributed by atoms with van der Waals surface area (Å²) in [5, 5.41) is 4.40. The lowest BCUT2D eigenvalue weighted by atomic mass is 10.2. The van der Waals surface area contributed by atoms with Crippen LogP contribution in [0.5, 0.6) is 0 Å². The van der Waals surface area contributed by atoms with Crippen molar-refractivity contribution in [3.05, 3.63) is 49.4 Å². The number of rotatable bonds is 4. The Labute approximate surface area is 143 Å². The van der Waals surface area contributed by atoms with Crippen LogP contribution in [-0.4, -0.2) is 18.4 Å². The quantitative estimate of drug-likeness (QED) is 0.332. The molecule has 7 heteroatoms. The van der Waals surface area contributed by atoms with Crippen LogP contribution in [0.2, 0.25) is 5.02 Å². The van der Waals surface area contributed by atoms with E-state index in [0.29, 0.717) is 10.6 Å². The fraction of sp³-hybridized carbons (Fsp3) is 0.0769. The summed E-state index contributed by atoms with van der Waals surface area (Å²) in [7, 11) is 0. The summed E-state index contributed by atoms with van der Waals surface area (Å²) in [5.41, 5.74) is 3.91. The van der Waals surface area contributed by atoms with Gasteiger partial charge in [0.25, 0.3) is 5.91 Å². The third-order valence-corrected chi connectivity index (χ3v) is 5.76. The zero-order valence-corrected chi connectivity index (χ0v) is 14.9. The largest absolute Gasteiger partial charge is 0.272 e. The van der Waals surface area contributed by atoms with Gasteiger partial charge in [0.2, 0.25) is 0 Å². The number of benzene rings is 1. The summed E-state index contributed by atoms with van der Waals surface area (Å²) in [4.78, 5) is 11.9. The van der Waals surface area contributed by atoms with Crippen molar-refractivity contribution < 1.29 is 4.79 Å². The molecule has 2 aromatic rings. The smallest absolute Gasteiger partial charge is 0.267 e. The van der Waals surface area contributed by atoms with E-state index in [1.807, 2.05) is 12.3 Å². The van der Waals surface area contributed by atoms with E-state index >= 15 is 0 Å².